The third-order valence-electron chi connectivity index (χ3n) is 6.49. The number of nitrogens with two attached hydrogens (primary N) is 1. The Balaban J connectivity index is 1.91. The molecule has 0 atom stereocenters. The molecule has 180 valence electrons. The molecule has 11 heteroatoms. The zero-order valence-corrected chi connectivity index (χ0v) is 19.0. The molecule has 1 aliphatic heterocycles. The molecule has 34 heavy (non-hydrogen) atoms. The van der Waals surface area contributed by atoms with Crippen LogP contribution in [0.5, 0.6) is 0 Å². The van der Waals surface area contributed by atoms with Gasteiger partial charge in [0.05, 0.1) is 27.9 Å². The Morgan fingerprint density at radius 3 is 2.12 bits per heavy atom. The number of alkyl halides is 3. The van der Waals surface area contributed by atoms with E-state index in [4.69, 9.17) is 19.5 Å². The molecule has 1 amide bonds. The summed E-state index contributed by atoms with van der Waals surface area (Å²) in [5, 5.41) is 0.122. The van der Waals surface area contributed by atoms with Gasteiger partial charge in [0.2, 0.25) is 0 Å². The number of primary amides is 1. The van der Waals surface area contributed by atoms with Gasteiger partial charge in [0.25, 0.3) is 5.91 Å². The van der Waals surface area contributed by atoms with Crippen LogP contribution in [0.4, 0.5) is 22.0 Å². The lowest BCUT2D eigenvalue weighted by molar-refractivity contribution is -0.138. The van der Waals surface area contributed by atoms with E-state index in [1.807, 2.05) is 27.7 Å². The van der Waals surface area contributed by atoms with Crippen LogP contribution in [0.15, 0.2) is 28.7 Å². The monoisotopic (exact) mass is 481 g/mol. The van der Waals surface area contributed by atoms with Crippen molar-refractivity contribution in [2.75, 3.05) is 0 Å². The fourth-order valence-corrected chi connectivity index (χ4v) is 3.85. The van der Waals surface area contributed by atoms with E-state index in [2.05, 4.69) is 0 Å². The first-order valence-corrected chi connectivity index (χ1v) is 10.3. The Morgan fingerprint density at radius 2 is 1.59 bits per heavy atom. The Labute approximate surface area is 192 Å². The molecule has 1 aliphatic rings. The lowest BCUT2D eigenvalue weighted by Crippen LogP contribution is -2.41. The molecule has 2 N–H and O–H groups in total. The number of benzene rings is 2. The van der Waals surface area contributed by atoms with Crippen molar-refractivity contribution in [1.29, 1.82) is 0 Å². The van der Waals surface area contributed by atoms with Crippen LogP contribution >= 0.6 is 0 Å². The van der Waals surface area contributed by atoms with Crippen molar-refractivity contribution >= 4 is 29.5 Å². The van der Waals surface area contributed by atoms with Crippen molar-refractivity contribution in [2.24, 2.45) is 5.73 Å². The number of hydrogen-bond acceptors (Lipinski definition) is 4. The highest BCUT2D eigenvalue weighted by Gasteiger charge is 2.51. The summed E-state index contributed by atoms with van der Waals surface area (Å²) in [5.74, 6) is -4.96. The largest absolute Gasteiger partial charge is 0.494 e. The van der Waals surface area contributed by atoms with E-state index in [-0.39, 0.29) is 16.5 Å². The number of fused-ring (bicyclic) bond motifs is 1. The number of rotatable bonds is 3. The molecular weight excluding hydrogens is 460 g/mol. The molecule has 0 saturated carbocycles. The second-order valence-corrected chi connectivity index (χ2v) is 9.24. The summed E-state index contributed by atoms with van der Waals surface area (Å²) in [6.07, 6.45) is -4.96. The predicted octanol–water partition coefficient (Wildman–Crippen LogP) is 5.10. The van der Waals surface area contributed by atoms with Crippen LogP contribution in [0.2, 0.25) is 0 Å². The van der Waals surface area contributed by atoms with Crippen molar-refractivity contribution in [3.05, 3.63) is 52.6 Å². The summed E-state index contributed by atoms with van der Waals surface area (Å²) in [6, 6.07) is 4.88. The minimum Gasteiger partial charge on any atom is -0.455 e. The van der Waals surface area contributed by atoms with Gasteiger partial charge in [-0.3, -0.25) is 4.79 Å². The molecule has 2 heterocycles. The van der Waals surface area contributed by atoms with Gasteiger partial charge in [0.15, 0.2) is 17.4 Å². The van der Waals surface area contributed by atoms with Gasteiger partial charge >= 0.3 is 13.3 Å². The molecule has 3 aromatic rings. The molecule has 0 unspecified atom stereocenters. The highest BCUT2D eigenvalue weighted by molar-refractivity contribution is 6.62. The van der Waals surface area contributed by atoms with Gasteiger partial charge in [-0.25, -0.2) is 8.78 Å². The zero-order valence-electron chi connectivity index (χ0n) is 19.0. The topological polar surface area (TPSA) is 74.7 Å². The highest BCUT2D eigenvalue weighted by atomic mass is 19.4. The lowest BCUT2D eigenvalue weighted by atomic mass is 9.79. The minimum absolute atomic E-state index is 0.0185. The number of carbonyl (C=O) groups is 1. The van der Waals surface area contributed by atoms with Gasteiger partial charge in [-0.05, 0) is 52.2 Å². The van der Waals surface area contributed by atoms with Crippen molar-refractivity contribution in [3.63, 3.8) is 0 Å². The third kappa shape index (κ3) is 3.67. The second-order valence-electron chi connectivity index (χ2n) is 9.24. The molecule has 1 saturated heterocycles. The average molecular weight is 481 g/mol. The molecule has 0 aliphatic carbocycles. The Kier molecular flexibility index (Phi) is 5.37. The van der Waals surface area contributed by atoms with E-state index < -0.39 is 64.5 Å². The van der Waals surface area contributed by atoms with Gasteiger partial charge in [-0.1, -0.05) is 12.1 Å². The molecule has 4 rings (SSSR count). The number of carbonyl (C=O) groups excluding carboxylic acids is 1. The normalized spacial score (nSPS) is 17.5. The van der Waals surface area contributed by atoms with Crippen molar-refractivity contribution in [2.45, 2.75) is 52.0 Å². The quantitative estimate of drug-likeness (QED) is 0.417. The molecular formula is C23H21BF5NO4. The summed E-state index contributed by atoms with van der Waals surface area (Å²) < 4.78 is 87.1. The van der Waals surface area contributed by atoms with E-state index in [0.717, 1.165) is 6.92 Å². The lowest BCUT2D eigenvalue weighted by Gasteiger charge is -2.32. The molecule has 0 spiro atoms. The standard InChI is InChI=1S/C23H21BF5NO4/c1-10-14(23(27,28)29)9-13(18(26)17(10)25)19-16(20(30)31)12-7-6-11(8-15(12)32-19)24-33-21(2,3)22(4,5)34-24/h6-9H,1-5H3,(H2,30,31). The Bertz CT molecular complexity index is 1310. The van der Waals surface area contributed by atoms with E-state index in [9.17, 15) is 26.7 Å². The smallest absolute Gasteiger partial charge is 0.455 e. The first-order valence-electron chi connectivity index (χ1n) is 10.3. The minimum atomic E-state index is -4.96. The number of halogens is 5. The van der Waals surface area contributed by atoms with Crippen molar-refractivity contribution in [1.82, 2.24) is 0 Å². The molecule has 1 fully saturated rings. The zero-order chi connectivity index (χ0) is 25.4. The van der Waals surface area contributed by atoms with E-state index >= 15 is 0 Å². The van der Waals surface area contributed by atoms with Gasteiger partial charge in [0, 0.05) is 10.9 Å². The first-order chi connectivity index (χ1) is 15.5. The second kappa shape index (κ2) is 7.54. The Hall–Kier alpha value is -2.92. The maximum absolute atomic E-state index is 14.8. The molecule has 0 bridgehead atoms. The van der Waals surface area contributed by atoms with Gasteiger partial charge in [0.1, 0.15) is 5.58 Å². The van der Waals surface area contributed by atoms with Crippen LogP contribution in [0, 0.1) is 18.6 Å². The highest BCUT2D eigenvalue weighted by Crippen LogP contribution is 2.41. The van der Waals surface area contributed by atoms with E-state index in [1.54, 1.807) is 6.07 Å². The molecule has 0 radical (unpaired) electrons. The predicted molar refractivity (Wildman–Crippen MR) is 116 cm³/mol. The molecule has 2 aromatic carbocycles. The van der Waals surface area contributed by atoms with E-state index in [1.165, 1.54) is 12.1 Å². The van der Waals surface area contributed by atoms with Gasteiger partial charge in [-0.2, -0.15) is 13.2 Å². The number of amides is 1. The molecule has 1 aromatic heterocycles. The summed E-state index contributed by atoms with van der Waals surface area (Å²) in [6.45, 7) is 8.24. The maximum atomic E-state index is 14.8. The van der Waals surface area contributed by atoms with Crippen molar-refractivity contribution < 1.29 is 40.5 Å². The fraction of sp³-hybridized carbons (Fsp3) is 0.348. The summed E-state index contributed by atoms with van der Waals surface area (Å²) >= 11 is 0. The third-order valence-corrected chi connectivity index (χ3v) is 6.49. The number of hydrogen-bond donors (Lipinski definition) is 1. The van der Waals surface area contributed by atoms with Crippen LogP contribution < -0.4 is 11.2 Å². The van der Waals surface area contributed by atoms with Crippen LogP contribution in [0.1, 0.15) is 49.2 Å². The van der Waals surface area contributed by atoms with Crippen LogP contribution in [-0.4, -0.2) is 24.2 Å². The first kappa shape index (κ1) is 24.2. The van der Waals surface area contributed by atoms with Crippen LogP contribution in [-0.2, 0) is 15.5 Å². The van der Waals surface area contributed by atoms with Gasteiger partial charge in [-0.15, -0.1) is 0 Å². The van der Waals surface area contributed by atoms with Crippen LogP contribution in [0.3, 0.4) is 0 Å². The van der Waals surface area contributed by atoms with Gasteiger partial charge < -0.3 is 19.5 Å². The molecule has 5 nitrogen and oxygen atoms in total. The number of furan rings is 1. The maximum Gasteiger partial charge on any atom is 0.494 e. The SMILES string of the molecule is Cc1c(C(F)(F)F)cc(-c2oc3cc(B4OC(C)(C)C(C)(C)O4)ccc3c2C(N)=O)c(F)c1F. The van der Waals surface area contributed by atoms with Crippen molar-refractivity contribution in [3.8, 4) is 11.3 Å². The van der Waals surface area contributed by atoms with E-state index in [0.29, 0.717) is 11.5 Å². The van der Waals surface area contributed by atoms with Crippen LogP contribution in [0.25, 0.3) is 22.3 Å². The Morgan fingerprint density at radius 1 is 1.00 bits per heavy atom. The summed E-state index contributed by atoms with van der Waals surface area (Å²) in [5.41, 5.74) is 1.14. The fourth-order valence-electron chi connectivity index (χ4n) is 3.85. The summed E-state index contributed by atoms with van der Waals surface area (Å²) in [7, 11) is -0.801. The average Bonchev–Trinajstić information content (AvgIpc) is 3.18. The summed E-state index contributed by atoms with van der Waals surface area (Å²) in [4.78, 5) is 12.2.